The smallest absolute Gasteiger partial charge is 0.257 e. The summed E-state index contributed by atoms with van der Waals surface area (Å²) in [6.45, 7) is 8.36. The SMILES string of the molecule is Cc1cc(C(=O)Nc2ccc(CCO)cc2)c(C)n1C(C)C. The topological polar surface area (TPSA) is 54.3 Å². The number of hydrogen-bond donors (Lipinski definition) is 2. The van der Waals surface area contributed by atoms with E-state index < -0.39 is 0 Å². The van der Waals surface area contributed by atoms with E-state index in [4.69, 9.17) is 5.11 Å². The second kappa shape index (κ2) is 6.79. The summed E-state index contributed by atoms with van der Waals surface area (Å²) in [5.74, 6) is -0.0880. The minimum absolute atomic E-state index is 0.0880. The summed E-state index contributed by atoms with van der Waals surface area (Å²) in [4.78, 5) is 12.5. The Balaban J connectivity index is 2.17. The minimum Gasteiger partial charge on any atom is -0.396 e. The number of aryl methyl sites for hydroxylation is 1. The molecular weight excluding hydrogens is 276 g/mol. The van der Waals surface area contributed by atoms with E-state index in [0.29, 0.717) is 18.0 Å². The number of nitrogens with zero attached hydrogens (tertiary/aromatic N) is 1. The first-order valence-corrected chi connectivity index (χ1v) is 7.63. The molecule has 0 radical (unpaired) electrons. The number of hydrogen-bond acceptors (Lipinski definition) is 2. The number of nitrogens with one attached hydrogen (secondary N) is 1. The van der Waals surface area contributed by atoms with E-state index >= 15 is 0 Å². The molecule has 0 bridgehead atoms. The molecule has 2 N–H and O–H groups in total. The Hall–Kier alpha value is -2.07. The molecule has 22 heavy (non-hydrogen) atoms. The Labute approximate surface area is 131 Å². The van der Waals surface area contributed by atoms with Crippen LogP contribution in [0.2, 0.25) is 0 Å². The molecular formula is C18H24N2O2. The molecule has 1 amide bonds. The third kappa shape index (κ3) is 3.39. The summed E-state index contributed by atoms with van der Waals surface area (Å²) in [5, 5.41) is 11.8. The van der Waals surface area contributed by atoms with E-state index in [1.54, 1.807) is 0 Å². The fourth-order valence-electron chi connectivity index (χ4n) is 2.88. The van der Waals surface area contributed by atoms with Gasteiger partial charge >= 0.3 is 0 Å². The van der Waals surface area contributed by atoms with Gasteiger partial charge in [0.2, 0.25) is 0 Å². The second-order valence-electron chi connectivity index (χ2n) is 5.87. The van der Waals surface area contributed by atoms with E-state index in [2.05, 4.69) is 23.7 Å². The molecule has 0 saturated heterocycles. The van der Waals surface area contributed by atoms with Gasteiger partial charge in [-0.3, -0.25) is 4.79 Å². The van der Waals surface area contributed by atoms with Crippen LogP contribution in [0, 0.1) is 13.8 Å². The summed E-state index contributed by atoms with van der Waals surface area (Å²) in [6, 6.07) is 9.84. The molecule has 4 heteroatoms. The number of benzene rings is 1. The van der Waals surface area contributed by atoms with E-state index in [-0.39, 0.29) is 12.5 Å². The molecule has 0 aliphatic rings. The van der Waals surface area contributed by atoms with Crippen LogP contribution < -0.4 is 5.32 Å². The van der Waals surface area contributed by atoms with Gasteiger partial charge in [0.25, 0.3) is 5.91 Å². The molecule has 0 aliphatic heterocycles. The van der Waals surface area contributed by atoms with Gasteiger partial charge in [-0.15, -0.1) is 0 Å². The van der Waals surface area contributed by atoms with Crippen LogP contribution in [0.4, 0.5) is 5.69 Å². The zero-order chi connectivity index (χ0) is 16.3. The lowest BCUT2D eigenvalue weighted by atomic mass is 10.1. The highest BCUT2D eigenvalue weighted by Crippen LogP contribution is 2.21. The summed E-state index contributed by atoms with van der Waals surface area (Å²) in [5.41, 5.74) is 4.61. The minimum atomic E-state index is -0.0880. The first kappa shape index (κ1) is 16.3. The molecule has 2 aromatic rings. The molecule has 0 atom stereocenters. The number of carbonyl (C=O) groups is 1. The Morgan fingerprint density at radius 2 is 1.86 bits per heavy atom. The van der Waals surface area contributed by atoms with Gasteiger partial charge in [-0.2, -0.15) is 0 Å². The van der Waals surface area contributed by atoms with Crippen LogP contribution in [0.3, 0.4) is 0 Å². The van der Waals surface area contributed by atoms with Gasteiger partial charge in [-0.25, -0.2) is 0 Å². The van der Waals surface area contributed by atoms with Crippen molar-refractivity contribution in [1.29, 1.82) is 0 Å². The average Bonchev–Trinajstić information content (AvgIpc) is 2.76. The van der Waals surface area contributed by atoms with Crippen LogP contribution >= 0.6 is 0 Å². The van der Waals surface area contributed by atoms with Crippen LogP contribution in [-0.4, -0.2) is 22.2 Å². The predicted octanol–water partition coefficient (Wildman–Crippen LogP) is 3.47. The number of carbonyl (C=O) groups excluding carboxylic acids is 1. The van der Waals surface area contributed by atoms with Gasteiger partial charge in [-0.05, 0) is 57.9 Å². The lowest BCUT2D eigenvalue weighted by Crippen LogP contribution is -2.14. The van der Waals surface area contributed by atoms with Gasteiger partial charge in [0.15, 0.2) is 0 Å². The van der Waals surface area contributed by atoms with E-state index in [9.17, 15) is 4.79 Å². The van der Waals surface area contributed by atoms with Crippen molar-refractivity contribution in [2.45, 2.75) is 40.2 Å². The van der Waals surface area contributed by atoms with Crippen molar-refractivity contribution >= 4 is 11.6 Å². The summed E-state index contributed by atoms with van der Waals surface area (Å²) < 4.78 is 2.17. The highest BCUT2D eigenvalue weighted by atomic mass is 16.2. The molecule has 0 spiro atoms. The molecule has 1 aromatic carbocycles. The highest BCUT2D eigenvalue weighted by Gasteiger charge is 2.17. The van der Waals surface area contributed by atoms with E-state index in [0.717, 1.165) is 22.6 Å². The summed E-state index contributed by atoms with van der Waals surface area (Å²) in [6.07, 6.45) is 0.629. The van der Waals surface area contributed by atoms with Crippen LogP contribution in [0.15, 0.2) is 30.3 Å². The number of aliphatic hydroxyl groups excluding tert-OH is 1. The molecule has 0 unspecified atom stereocenters. The van der Waals surface area contributed by atoms with Crippen molar-refractivity contribution in [1.82, 2.24) is 4.57 Å². The number of aromatic nitrogens is 1. The highest BCUT2D eigenvalue weighted by molar-refractivity contribution is 6.05. The average molecular weight is 300 g/mol. The van der Waals surface area contributed by atoms with Crippen molar-refractivity contribution in [2.75, 3.05) is 11.9 Å². The lowest BCUT2D eigenvalue weighted by Gasteiger charge is -2.13. The quantitative estimate of drug-likeness (QED) is 0.888. The first-order valence-electron chi connectivity index (χ1n) is 7.63. The maximum atomic E-state index is 12.5. The van der Waals surface area contributed by atoms with Gasteiger partial charge in [0.1, 0.15) is 0 Å². The zero-order valence-corrected chi connectivity index (χ0v) is 13.7. The van der Waals surface area contributed by atoms with Crippen molar-refractivity contribution in [2.24, 2.45) is 0 Å². The number of anilines is 1. The Morgan fingerprint density at radius 3 is 2.36 bits per heavy atom. The monoisotopic (exact) mass is 300 g/mol. The number of aliphatic hydroxyl groups is 1. The lowest BCUT2D eigenvalue weighted by molar-refractivity contribution is 0.102. The molecule has 4 nitrogen and oxygen atoms in total. The van der Waals surface area contributed by atoms with Gasteiger partial charge < -0.3 is 15.0 Å². The fourth-order valence-corrected chi connectivity index (χ4v) is 2.88. The normalized spacial score (nSPS) is 11.0. The molecule has 1 aromatic heterocycles. The Morgan fingerprint density at radius 1 is 1.23 bits per heavy atom. The first-order chi connectivity index (χ1) is 10.4. The Kier molecular flexibility index (Phi) is 5.03. The summed E-state index contributed by atoms with van der Waals surface area (Å²) >= 11 is 0. The Bertz CT molecular complexity index is 654. The largest absolute Gasteiger partial charge is 0.396 e. The van der Waals surface area contributed by atoms with Gasteiger partial charge in [-0.1, -0.05) is 12.1 Å². The number of amides is 1. The molecule has 2 rings (SSSR count). The predicted molar refractivity (Wildman–Crippen MR) is 89.5 cm³/mol. The van der Waals surface area contributed by atoms with Crippen molar-refractivity contribution < 1.29 is 9.90 Å². The van der Waals surface area contributed by atoms with Gasteiger partial charge in [0.05, 0.1) is 5.56 Å². The van der Waals surface area contributed by atoms with Crippen LogP contribution in [0.5, 0.6) is 0 Å². The molecule has 1 heterocycles. The van der Waals surface area contributed by atoms with Crippen molar-refractivity contribution in [3.63, 3.8) is 0 Å². The van der Waals surface area contributed by atoms with E-state index in [1.807, 2.05) is 44.2 Å². The van der Waals surface area contributed by atoms with Gasteiger partial charge in [0, 0.05) is 29.7 Å². The van der Waals surface area contributed by atoms with Crippen LogP contribution in [0.1, 0.15) is 47.2 Å². The third-order valence-electron chi connectivity index (χ3n) is 3.86. The standard InChI is InChI=1S/C18H24N2O2/c1-12(2)20-13(3)11-17(14(20)4)18(22)19-16-7-5-15(6-8-16)9-10-21/h5-8,11-12,21H,9-10H2,1-4H3,(H,19,22). The molecule has 0 saturated carbocycles. The third-order valence-corrected chi connectivity index (χ3v) is 3.86. The van der Waals surface area contributed by atoms with Crippen molar-refractivity contribution in [3.05, 3.63) is 52.8 Å². The van der Waals surface area contributed by atoms with Crippen LogP contribution in [-0.2, 0) is 6.42 Å². The molecule has 0 fully saturated rings. The maximum absolute atomic E-state index is 12.5. The second-order valence-corrected chi connectivity index (χ2v) is 5.87. The summed E-state index contributed by atoms with van der Waals surface area (Å²) in [7, 11) is 0. The zero-order valence-electron chi connectivity index (χ0n) is 13.7. The van der Waals surface area contributed by atoms with Crippen LogP contribution in [0.25, 0.3) is 0 Å². The molecule has 0 aliphatic carbocycles. The fraction of sp³-hybridized carbons (Fsp3) is 0.389. The van der Waals surface area contributed by atoms with E-state index in [1.165, 1.54) is 0 Å². The maximum Gasteiger partial charge on any atom is 0.257 e. The number of rotatable bonds is 5. The van der Waals surface area contributed by atoms with Crippen molar-refractivity contribution in [3.8, 4) is 0 Å². The molecule has 118 valence electrons.